The number of hydrogen-bond donors (Lipinski definition) is 0. The number of rotatable bonds is 5. The first-order chi connectivity index (χ1) is 9.69. The van der Waals surface area contributed by atoms with E-state index in [0.717, 1.165) is 11.6 Å². The molecule has 0 aliphatic heterocycles. The third kappa shape index (κ3) is 3.97. The minimum Gasteiger partial charge on any atom is -0.361 e. The molecule has 2 rings (SSSR count). The summed E-state index contributed by atoms with van der Waals surface area (Å²) in [6.07, 6.45) is 3.29. The van der Waals surface area contributed by atoms with E-state index in [9.17, 15) is 0 Å². The second-order valence-corrected chi connectivity index (χ2v) is 5.01. The topological polar surface area (TPSA) is 15.6 Å². The molecule has 0 spiro atoms. The van der Waals surface area contributed by atoms with Gasteiger partial charge in [0.2, 0.25) is 0 Å². The summed E-state index contributed by atoms with van der Waals surface area (Å²) in [7, 11) is 1.99. The van der Waals surface area contributed by atoms with Crippen LogP contribution in [-0.2, 0) is 6.54 Å². The van der Waals surface area contributed by atoms with E-state index in [0.29, 0.717) is 0 Å². The quantitative estimate of drug-likeness (QED) is 0.578. The molecule has 0 aliphatic rings. The van der Waals surface area contributed by atoms with Crippen molar-refractivity contribution in [1.29, 1.82) is 0 Å². The van der Waals surface area contributed by atoms with Crippen molar-refractivity contribution in [2.24, 2.45) is 4.99 Å². The first-order valence-electron chi connectivity index (χ1n) is 6.38. The molecule has 0 unspecified atom stereocenters. The molecule has 2 aromatic carbocycles. The molecule has 20 heavy (non-hydrogen) atoms. The molecule has 0 bridgehead atoms. The van der Waals surface area contributed by atoms with E-state index < -0.39 is 0 Å². The molecule has 0 radical (unpaired) electrons. The van der Waals surface area contributed by atoms with Crippen LogP contribution < -0.4 is 0 Å². The summed E-state index contributed by atoms with van der Waals surface area (Å²) in [6.45, 7) is 4.37. The van der Waals surface area contributed by atoms with Gasteiger partial charge in [-0.1, -0.05) is 48.5 Å². The van der Waals surface area contributed by atoms with Crippen molar-refractivity contribution in [3.63, 3.8) is 0 Å². The SMILES string of the molecule is C=C/N=C\N(C)Cc1cccc(-c2ccc(Cl)cc2)c1. The van der Waals surface area contributed by atoms with Crippen LogP contribution in [0.2, 0.25) is 5.02 Å². The van der Waals surface area contributed by atoms with Crippen molar-refractivity contribution in [2.45, 2.75) is 6.54 Å². The third-order valence-corrected chi connectivity index (χ3v) is 3.16. The maximum absolute atomic E-state index is 5.92. The molecule has 0 heterocycles. The van der Waals surface area contributed by atoms with Crippen LogP contribution in [0.15, 0.2) is 66.3 Å². The van der Waals surface area contributed by atoms with Crippen LogP contribution in [-0.4, -0.2) is 18.3 Å². The van der Waals surface area contributed by atoms with Crippen molar-refractivity contribution in [1.82, 2.24) is 4.90 Å². The van der Waals surface area contributed by atoms with E-state index in [2.05, 4.69) is 35.8 Å². The summed E-state index contributed by atoms with van der Waals surface area (Å²) in [5.41, 5.74) is 3.59. The molecular formula is C17H17ClN2. The summed E-state index contributed by atoms with van der Waals surface area (Å²) in [5.74, 6) is 0. The molecule has 2 nitrogen and oxygen atoms in total. The van der Waals surface area contributed by atoms with Crippen LogP contribution in [0.4, 0.5) is 0 Å². The Morgan fingerprint density at radius 1 is 1.15 bits per heavy atom. The van der Waals surface area contributed by atoms with Gasteiger partial charge in [0.15, 0.2) is 0 Å². The first-order valence-corrected chi connectivity index (χ1v) is 6.76. The fourth-order valence-corrected chi connectivity index (χ4v) is 2.11. The van der Waals surface area contributed by atoms with Gasteiger partial charge in [-0.05, 0) is 34.9 Å². The Bertz CT molecular complexity index is 603. The van der Waals surface area contributed by atoms with Crippen molar-refractivity contribution in [3.05, 3.63) is 71.9 Å². The molecule has 0 aromatic heterocycles. The predicted octanol–water partition coefficient (Wildman–Crippen LogP) is 4.61. The lowest BCUT2D eigenvalue weighted by atomic mass is 10.0. The number of benzene rings is 2. The maximum Gasteiger partial charge on any atom is 0.0905 e. The number of halogens is 1. The van der Waals surface area contributed by atoms with Crippen LogP contribution in [0.1, 0.15) is 5.56 Å². The maximum atomic E-state index is 5.92. The van der Waals surface area contributed by atoms with Crippen molar-refractivity contribution >= 4 is 17.9 Å². The van der Waals surface area contributed by atoms with Gasteiger partial charge < -0.3 is 4.90 Å². The first kappa shape index (κ1) is 14.4. The van der Waals surface area contributed by atoms with Gasteiger partial charge in [-0.15, -0.1) is 0 Å². The Labute approximate surface area is 125 Å². The zero-order chi connectivity index (χ0) is 14.4. The molecule has 102 valence electrons. The molecule has 3 heteroatoms. The van der Waals surface area contributed by atoms with Crippen LogP contribution in [0.5, 0.6) is 0 Å². The summed E-state index contributed by atoms with van der Waals surface area (Å²) >= 11 is 5.92. The van der Waals surface area contributed by atoms with Gasteiger partial charge in [-0.3, -0.25) is 0 Å². The molecule has 0 saturated carbocycles. The second kappa shape index (κ2) is 6.92. The highest BCUT2D eigenvalue weighted by atomic mass is 35.5. The minimum absolute atomic E-state index is 0.755. The van der Waals surface area contributed by atoms with Crippen molar-refractivity contribution in [3.8, 4) is 11.1 Å². The van der Waals surface area contributed by atoms with Gasteiger partial charge in [-0.2, -0.15) is 0 Å². The molecular weight excluding hydrogens is 268 g/mol. The van der Waals surface area contributed by atoms with E-state index in [4.69, 9.17) is 11.6 Å². The highest BCUT2D eigenvalue weighted by Gasteiger charge is 2.01. The zero-order valence-corrected chi connectivity index (χ0v) is 12.2. The summed E-state index contributed by atoms with van der Waals surface area (Å²) < 4.78 is 0. The summed E-state index contributed by atoms with van der Waals surface area (Å²) in [5, 5.41) is 0.755. The lowest BCUT2D eigenvalue weighted by Crippen LogP contribution is -2.15. The van der Waals surface area contributed by atoms with Crippen LogP contribution in [0.3, 0.4) is 0 Å². The Morgan fingerprint density at radius 3 is 2.60 bits per heavy atom. The zero-order valence-electron chi connectivity index (χ0n) is 11.5. The molecule has 0 saturated heterocycles. The van der Waals surface area contributed by atoms with E-state index in [1.54, 1.807) is 6.34 Å². The Morgan fingerprint density at radius 2 is 1.90 bits per heavy atom. The second-order valence-electron chi connectivity index (χ2n) is 4.57. The number of hydrogen-bond acceptors (Lipinski definition) is 1. The monoisotopic (exact) mass is 284 g/mol. The van der Waals surface area contributed by atoms with Gasteiger partial charge in [0.1, 0.15) is 0 Å². The highest BCUT2D eigenvalue weighted by Crippen LogP contribution is 2.22. The lowest BCUT2D eigenvalue weighted by Gasteiger charge is -2.13. The van der Waals surface area contributed by atoms with Gasteiger partial charge in [0, 0.05) is 24.8 Å². The Hall–Kier alpha value is -2.06. The van der Waals surface area contributed by atoms with E-state index in [1.807, 2.05) is 36.2 Å². The van der Waals surface area contributed by atoms with Crippen molar-refractivity contribution in [2.75, 3.05) is 7.05 Å². The molecule has 0 aliphatic carbocycles. The molecule has 2 aromatic rings. The third-order valence-electron chi connectivity index (χ3n) is 2.91. The van der Waals surface area contributed by atoms with Crippen LogP contribution in [0, 0.1) is 0 Å². The molecule has 0 amide bonds. The van der Waals surface area contributed by atoms with E-state index in [-0.39, 0.29) is 0 Å². The number of nitrogens with zero attached hydrogens (tertiary/aromatic N) is 2. The molecule has 0 fully saturated rings. The fraction of sp³-hybridized carbons (Fsp3) is 0.118. The van der Waals surface area contributed by atoms with E-state index in [1.165, 1.54) is 22.9 Å². The average molecular weight is 285 g/mol. The van der Waals surface area contributed by atoms with Crippen molar-refractivity contribution < 1.29 is 0 Å². The minimum atomic E-state index is 0.755. The van der Waals surface area contributed by atoms with Crippen LogP contribution in [0.25, 0.3) is 11.1 Å². The molecule has 0 N–H and O–H groups in total. The van der Waals surface area contributed by atoms with Gasteiger partial charge in [-0.25, -0.2) is 4.99 Å². The smallest absolute Gasteiger partial charge is 0.0905 e. The molecule has 0 atom stereocenters. The normalized spacial score (nSPS) is 10.7. The fourth-order valence-electron chi connectivity index (χ4n) is 1.98. The lowest BCUT2D eigenvalue weighted by molar-refractivity contribution is 0.516. The number of aliphatic imine (C=N–C) groups is 1. The van der Waals surface area contributed by atoms with Gasteiger partial charge in [0.25, 0.3) is 0 Å². The largest absolute Gasteiger partial charge is 0.361 e. The summed E-state index contributed by atoms with van der Waals surface area (Å²) in [4.78, 5) is 6.02. The summed E-state index contributed by atoms with van der Waals surface area (Å²) in [6, 6.07) is 16.3. The van der Waals surface area contributed by atoms with Gasteiger partial charge in [0.05, 0.1) is 6.34 Å². The van der Waals surface area contributed by atoms with Crippen LogP contribution >= 0.6 is 11.6 Å². The Kier molecular flexibility index (Phi) is 4.97. The average Bonchev–Trinajstić information content (AvgIpc) is 2.46. The van der Waals surface area contributed by atoms with Gasteiger partial charge >= 0.3 is 0 Å². The standard InChI is InChI=1S/C17H17ClN2/c1-3-19-13-20(2)12-14-5-4-6-16(11-14)15-7-9-17(18)10-8-15/h3-11,13H,1,12H2,2H3/b19-13-. The van der Waals surface area contributed by atoms with E-state index >= 15 is 0 Å². The highest BCUT2D eigenvalue weighted by molar-refractivity contribution is 6.30. The Balaban J connectivity index is 2.17. The predicted molar refractivity (Wildman–Crippen MR) is 87.0 cm³/mol.